The monoisotopic (exact) mass is 449 g/mol. The van der Waals surface area contributed by atoms with E-state index in [1.54, 1.807) is 41.1 Å². The third-order valence-corrected chi connectivity index (χ3v) is 6.08. The van der Waals surface area contributed by atoms with E-state index in [2.05, 4.69) is 15.8 Å². The SMILES string of the molecule is CN1C(=O)N(c2cccc3ccccc23)[C@@H](NC(=O)N/N=C\c2ccc(Cl)cc2)C1(C)C. The van der Waals surface area contributed by atoms with E-state index in [4.69, 9.17) is 11.6 Å². The summed E-state index contributed by atoms with van der Waals surface area (Å²) >= 11 is 5.88. The summed E-state index contributed by atoms with van der Waals surface area (Å²) in [4.78, 5) is 29.2. The highest BCUT2D eigenvalue weighted by Crippen LogP contribution is 2.37. The molecule has 2 N–H and O–H groups in total. The minimum atomic E-state index is -0.661. The lowest BCUT2D eigenvalue weighted by Crippen LogP contribution is -2.57. The second kappa shape index (κ2) is 8.51. The van der Waals surface area contributed by atoms with Gasteiger partial charge in [0, 0.05) is 17.5 Å². The van der Waals surface area contributed by atoms with Crippen LogP contribution in [0.1, 0.15) is 19.4 Å². The van der Waals surface area contributed by atoms with Gasteiger partial charge < -0.3 is 10.2 Å². The Morgan fingerprint density at radius 2 is 1.75 bits per heavy atom. The van der Waals surface area contributed by atoms with E-state index in [0.717, 1.165) is 22.0 Å². The molecule has 0 bridgehead atoms. The molecule has 0 unspecified atom stereocenters. The molecule has 1 aliphatic heterocycles. The number of hydrazone groups is 1. The van der Waals surface area contributed by atoms with E-state index in [1.807, 2.05) is 56.3 Å². The molecule has 0 aliphatic carbocycles. The normalized spacial score (nSPS) is 17.9. The largest absolute Gasteiger partial charge is 0.336 e. The van der Waals surface area contributed by atoms with Crippen molar-refractivity contribution < 1.29 is 9.59 Å². The van der Waals surface area contributed by atoms with Crippen LogP contribution in [0, 0.1) is 0 Å². The van der Waals surface area contributed by atoms with Crippen LogP contribution in [-0.4, -0.2) is 41.9 Å². The molecule has 0 radical (unpaired) electrons. The summed E-state index contributed by atoms with van der Waals surface area (Å²) in [6, 6.07) is 20.0. The van der Waals surface area contributed by atoms with Crippen LogP contribution in [0.5, 0.6) is 0 Å². The maximum Gasteiger partial charge on any atom is 0.336 e. The van der Waals surface area contributed by atoms with Gasteiger partial charge in [-0.15, -0.1) is 0 Å². The third kappa shape index (κ3) is 3.99. The summed E-state index contributed by atoms with van der Waals surface area (Å²) in [5.74, 6) is 0. The van der Waals surface area contributed by atoms with Crippen LogP contribution in [0.4, 0.5) is 15.3 Å². The average molecular weight is 450 g/mol. The average Bonchev–Trinajstić information content (AvgIpc) is 2.94. The molecule has 4 amide bonds. The van der Waals surface area contributed by atoms with Crippen molar-refractivity contribution in [1.82, 2.24) is 15.6 Å². The first-order valence-corrected chi connectivity index (χ1v) is 10.6. The topological polar surface area (TPSA) is 77.0 Å². The van der Waals surface area contributed by atoms with Crippen molar-refractivity contribution in [3.05, 3.63) is 77.3 Å². The van der Waals surface area contributed by atoms with Gasteiger partial charge in [0.2, 0.25) is 0 Å². The van der Waals surface area contributed by atoms with Crippen molar-refractivity contribution in [3.63, 3.8) is 0 Å². The predicted octanol–water partition coefficient (Wildman–Crippen LogP) is 4.80. The highest BCUT2D eigenvalue weighted by Gasteiger charge is 2.51. The van der Waals surface area contributed by atoms with Crippen LogP contribution in [0.25, 0.3) is 10.8 Å². The fourth-order valence-corrected chi connectivity index (χ4v) is 3.92. The second-order valence-corrected chi connectivity index (χ2v) is 8.60. The number of fused-ring (bicyclic) bond motifs is 1. The number of hydrogen-bond acceptors (Lipinski definition) is 3. The summed E-state index contributed by atoms with van der Waals surface area (Å²) in [5.41, 5.74) is 3.35. The summed E-state index contributed by atoms with van der Waals surface area (Å²) in [5, 5.41) is 9.49. The quantitative estimate of drug-likeness (QED) is 0.443. The molecule has 8 heteroatoms. The summed E-state index contributed by atoms with van der Waals surface area (Å²) in [6.07, 6.45) is 0.909. The molecule has 7 nitrogen and oxygen atoms in total. The first-order chi connectivity index (χ1) is 15.3. The maximum atomic E-state index is 13.2. The molecular weight excluding hydrogens is 426 g/mol. The second-order valence-electron chi connectivity index (χ2n) is 8.16. The lowest BCUT2D eigenvalue weighted by atomic mass is 10.00. The molecular formula is C24H24ClN5O2. The molecule has 3 aromatic rings. The van der Waals surface area contributed by atoms with Crippen LogP contribution >= 0.6 is 11.6 Å². The molecule has 32 heavy (non-hydrogen) atoms. The van der Waals surface area contributed by atoms with Crippen LogP contribution < -0.4 is 15.6 Å². The van der Waals surface area contributed by atoms with Crippen LogP contribution in [-0.2, 0) is 0 Å². The number of carbonyl (C=O) groups is 2. The molecule has 3 aromatic carbocycles. The first-order valence-electron chi connectivity index (χ1n) is 10.2. The Balaban J connectivity index is 1.59. The van der Waals surface area contributed by atoms with Crippen molar-refractivity contribution >= 4 is 46.3 Å². The van der Waals surface area contributed by atoms with E-state index >= 15 is 0 Å². The molecule has 0 saturated carbocycles. The molecule has 1 heterocycles. The number of hydrogen-bond donors (Lipinski definition) is 2. The zero-order chi connectivity index (χ0) is 22.9. The van der Waals surface area contributed by atoms with E-state index in [1.165, 1.54) is 6.21 Å². The van der Waals surface area contributed by atoms with Crippen molar-refractivity contribution in [2.75, 3.05) is 11.9 Å². The summed E-state index contributed by atoms with van der Waals surface area (Å²) < 4.78 is 0. The van der Waals surface area contributed by atoms with Gasteiger partial charge in [-0.3, -0.25) is 4.90 Å². The molecule has 4 rings (SSSR count). The Bertz CT molecular complexity index is 1190. The number of anilines is 1. The van der Waals surface area contributed by atoms with E-state index in [-0.39, 0.29) is 6.03 Å². The number of carbonyl (C=O) groups excluding carboxylic acids is 2. The smallest absolute Gasteiger partial charge is 0.318 e. The number of amides is 4. The van der Waals surface area contributed by atoms with Crippen LogP contribution in [0.3, 0.4) is 0 Å². The molecule has 1 saturated heterocycles. The maximum absolute atomic E-state index is 13.2. The fourth-order valence-electron chi connectivity index (χ4n) is 3.79. The van der Waals surface area contributed by atoms with E-state index < -0.39 is 17.7 Å². The van der Waals surface area contributed by atoms with Gasteiger partial charge in [0.15, 0.2) is 0 Å². The molecule has 0 spiro atoms. The summed E-state index contributed by atoms with van der Waals surface area (Å²) in [6.45, 7) is 3.83. The minimum Gasteiger partial charge on any atom is -0.318 e. The number of urea groups is 2. The van der Waals surface area contributed by atoms with Crippen LogP contribution in [0.15, 0.2) is 71.8 Å². The van der Waals surface area contributed by atoms with Gasteiger partial charge in [-0.25, -0.2) is 15.0 Å². The molecule has 164 valence electrons. The van der Waals surface area contributed by atoms with Crippen molar-refractivity contribution in [3.8, 4) is 0 Å². The Kier molecular flexibility index (Phi) is 5.76. The van der Waals surface area contributed by atoms with Gasteiger partial charge in [-0.05, 0) is 43.0 Å². The number of nitrogens with one attached hydrogen (secondary N) is 2. The highest BCUT2D eigenvalue weighted by molar-refractivity contribution is 6.30. The molecule has 1 atom stereocenters. The zero-order valence-corrected chi connectivity index (χ0v) is 18.8. The number of rotatable bonds is 4. The Hall–Kier alpha value is -3.58. The van der Waals surface area contributed by atoms with Crippen LogP contribution in [0.2, 0.25) is 5.02 Å². The number of benzene rings is 3. The van der Waals surface area contributed by atoms with Gasteiger partial charge in [0.05, 0.1) is 17.4 Å². The standard InChI is InChI=1S/C24H24ClN5O2/c1-24(2)21(27-22(31)28-26-15-16-11-13-18(25)14-12-16)30(23(32)29(24)3)20-10-6-8-17-7-4-5-9-19(17)20/h4-15,21H,1-3H3,(H2,27,28,31)/b26-15-/t21-/m1/s1. The third-order valence-electron chi connectivity index (χ3n) is 5.83. The molecule has 0 aromatic heterocycles. The number of nitrogens with zero attached hydrogens (tertiary/aromatic N) is 3. The molecule has 1 aliphatic rings. The van der Waals surface area contributed by atoms with Gasteiger partial charge in [-0.1, -0.05) is 60.1 Å². The van der Waals surface area contributed by atoms with Gasteiger partial charge >= 0.3 is 12.1 Å². The highest BCUT2D eigenvalue weighted by atomic mass is 35.5. The Labute approximate surface area is 191 Å². The van der Waals surface area contributed by atoms with E-state index in [0.29, 0.717) is 5.02 Å². The number of halogens is 1. The van der Waals surface area contributed by atoms with Gasteiger partial charge in [-0.2, -0.15) is 5.10 Å². The lowest BCUT2D eigenvalue weighted by molar-refractivity contribution is 0.178. The van der Waals surface area contributed by atoms with Crippen molar-refractivity contribution in [2.45, 2.75) is 25.6 Å². The van der Waals surface area contributed by atoms with Crippen molar-refractivity contribution in [2.24, 2.45) is 5.10 Å². The minimum absolute atomic E-state index is 0.193. The zero-order valence-electron chi connectivity index (χ0n) is 18.0. The Morgan fingerprint density at radius 1 is 1.06 bits per heavy atom. The Morgan fingerprint density at radius 3 is 2.50 bits per heavy atom. The number of likely N-dealkylation sites (N-methyl/N-ethyl adjacent to an activating group) is 1. The predicted molar refractivity (Wildman–Crippen MR) is 128 cm³/mol. The van der Waals surface area contributed by atoms with E-state index in [9.17, 15) is 9.59 Å². The van der Waals surface area contributed by atoms with Crippen molar-refractivity contribution in [1.29, 1.82) is 0 Å². The molecule has 1 fully saturated rings. The first kappa shape index (κ1) is 21.6. The van der Waals surface area contributed by atoms with Gasteiger partial charge in [0.25, 0.3) is 0 Å². The summed E-state index contributed by atoms with van der Waals surface area (Å²) in [7, 11) is 1.73. The van der Waals surface area contributed by atoms with Gasteiger partial charge in [0.1, 0.15) is 6.17 Å². The lowest BCUT2D eigenvalue weighted by Gasteiger charge is -2.33. The fraction of sp³-hybridized carbons (Fsp3) is 0.208.